The van der Waals surface area contributed by atoms with Gasteiger partial charge in [-0.1, -0.05) is 12.2 Å². The Morgan fingerprint density at radius 2 is 2.33 bits per heavy atom. The molecule has 0 amide bonds. The Balaban J connectivity index is 2.31. The molecule has 1 aliphatic heterocycles. The van der Waals surface area contributed by atoms with Gasteiger partial charge in [0.2, 0.25) is 0 Å². The molecule has 0 saturated carbocycles. The van der Waals surface area contributed by atoms with Gasteiger partial charge in [-0.3, -0.25) is 4.79 Å². The predicted molar refractivity (Wildman–Crippen MR) is 47.6 cm³/mol. The Morgan fingerprint density at radius 3 is 3.17 bits per heavy atom. The average molecular weight is 163 g/mol. The van der Waals surface area contributed by atoms with E-state index in [9.17, 15) is 4.79 Å². The summed E-state index contributed by atoms with van der Waals surface area (Å²) in [7, 11) is 0. The number of hydrogen-bond acceptors (Lipinski definition) is 2. The molecule has 0 aromatic rings. The highest BCUT2D eigenvalue weighted by atomic mass is 16.1. The Hall–Kier alpha value is -1.05. The van der Waals surface area contributed by atoms with Crippen LogP contribution in [-0.2, 0) is 4.79 Å². The lowest BCUT2D eigenvalue weighted by Gasteiger charge is -2.25. The van der Waals surface area contributed by atoms with Crippen LogP contribution in [0.3, 0.4) is 0 Å². The van der Waals surface area contributed by atoms with Crippen molar-refractivity contribution >= 4 is 5.78 Å². The van der Waals surface area contributed by atoms with Crippen LogP contribution in [0.2, 0.25) is 0 Å². The van der Waals surface area contributed by atoms with E-state index in [4.69, 9.17) is 0 Å². The summed E-state index contributed by atoms with van der Waals surface area (Å²) < 4.78 is 0. The van der Waals surface area contributed by atoms with Gasteiger partial charge in [0.1, 0.15) is 0 Å². The molecule has 0 aromatic heterocycles. The van der Waals surface area contributed by atoms with Gasteiger partial charge in [-0.15, -0.1) is 0 Å². The maximum Gasteiger partial charge on any atom is 0.164 e. The van der Waals surface area contributed by atoms with Crippen LogP contribution in [0.5, 0.6) is 0 Å². The van der Waals surface area contributed by atoms with E-state index >= 15 is 0 Å². The molecule has 1 N–H and O–H groups in total. The van der Waals surface area contributed by atoms with Gasteiger partial charge >= 0.3 is 0 Å². The average Bonchev–Trinajstić information content (AvgIpc) is 2.04. The van der Waals surface area contributed by atoms with E-state index in [2.05, 4.69) is 12.2 Å². The number of rotatable bonds is 0. The quantitative estimate of drug-likeness (QED) is 0.587. The first kappa shape index (κ1) is 7.59. The minimum absolute atomic E-state index is 0.298. The van der Waals surface area contributed by atoms with Gasteiger partial charge in [0, 0.05) is 23.7 Å². The Labute approximate surface area is 72.3 Å². The molecule has 64 valence electrons. The zero-order chi connectivity index (χ0) is 8.55. The van der Waals surface area contributed by atoms with Crippen molar-refractivity contribution in [3.63, 3.8) is 0 Å². The number of dihydropyridines is 1. The second kappa shape index (κ2) is 2.77. The minimum atomic E-state index is 0.298. The van der Waals surface area contributed by atoms with Gasteiger partial charge in [0.15, 0.2) is 5.78 Å². The molecule has 1 atom stereocenters. The van der Waals surface area contributed by atoms with Crippen molar-refractivity contribution < 1.29 is 4.79 Å². The molecule has 0 spiro atoms. The van der Waals surface area contributed by atoms with Crippen LogP contribution in [0.15, 0.2) is 23.4 Å². The van der Waals surface area contributed by atoms with Gasteiger partial charge in [0.05, 0.1) is 0 Å². The van der Waals surface area contributed by atoms with E-state index in [0.717, 1.165) is 30.5 Å². The van der Waals surface area contributed by atoms with Crippen molar-refractivity contribution in [3.05, 3.63) is 23.4 Å². The number of allylic oxidation sites excluding steroid dienone is 3. The topological polar surface area (TPSA) is 29.1 Å². The monoisotopic (exact) mass is 163 g/mol. The molecule has 2 heteroatoms. The third kappa shape index (κ3) is 1.17. The highest BCUT2D eigenvalue weighted by Gasteiger charge is 2.21. The van der Waals surface area contributed by atoms with Crippen LogP contribution < -0.4 is 5.32 Å². The van der Waals surface area contributed by atoms with Crippen LogP contribution >= 0.6 is 0 Å². The summed E-state index contributed by atoms with van der Waals surface area (Å²) in [5, 5.41) is 3.32. The summed E-state index contributed by atoms with van der Waals surface area (Å²) in [6.07, 6.45) is 6.78. The normalized spacial score (nSPS) is 28.4. The van der Waals surface area contributed by atoms with Gasteiger partial charge in [0.25, 0.3) is 0 Å². The smallest absolute Gasteiger partial charge is 0.164 e. The van der Waals surface area contributed by atoms with Gasteiger partial charge in [-0.2, -0.15) is 0 Å². The number of carbonyl (C=O) groups is 1. The Bertz CT molecular complexity index is 276. The van der Waals surface area contributed by atoms with Crippen LogP contribution in [0.4, 0.5) is 0 Å². The lowest BCUT2D eigenvalue weighted by Crippen LogP contribution is -2.30. The van der Waals surface area contributed by atoms with Crippen molar-refractivity contribution in [2.24, 2.45) is 0 Å². The summed E-state index contributed by atoms with van der Waals surface area (Å²) in [6.45, 7) is 2.10. The molecule has 1 aliphatic carbocycles. The fourth-order valence-corrected chi connectivity index (χ4v) is 1.77. The molecule has 0 unspecified atom stereocenters. The molecule has 0 radical (unpaired) electrons. The van der Waals surface area contributed by atoms with Crippen LogP contribution in [-0.4, -0.2) is 11.8 Å². The molecular weight excluding hydrogens is 150 g/mol. The van der Waals surface area contributed by atoms with Crippen LogP contribution in [0.25, 0.3) is 0 Å². The van der Waals surface area contributed by atoms with E-state index < -0.39 is 0 Å². The summed E-state index contributed by atoms with van der Waals surface area (Å²) in [5.41, 5.74) is 2.07. The van der Waals surface area contributed by atoms with Crippen molar-refractivity contribution in [3.8, 4) is 0 Å². The number of hydrogen-bond donors (Lipinski definition) is 1. The largest absolute Gasteiger partial charge is 0.382 e. The lowest BCUT2D eigenvalue weighted by molar-refractivity contribution is -0.115. The van der Waals surface area contributed by atoms with E-state index in [1.54, 1.807) is 0 Å². The van der Waals surface area contributed by atoms with Gasteiger partial charge < -0.3 is 5.32 Å². The third-order valence-electron chi connectivity index (χ3n) is 2.41. The summed E-state index contributed by atoms with van der Waals surface area (Å²) in [6, 6.07) is 0.384. The fourth-order valence-electron chi connectivity index (χ4n) is 1.77. The minimum Gasteiger partial charge on any atom is -0.382 e. The first-order chi connectivity index (χ1) is 5.77. The molecular formula is C10H13NO. The first-order valence-electron chi connectivity index (χ1n) is 4.48. The van der Waals surface area contributed by atoms with E-state index in [1.165, 1.54) is 0 Å². The summed E-state index contributed by atoms with van der Waals surface area (Å²) >= 11 is 0. The van der Waals surface area contributed by atoms with E-state index in [0.29, 0.717) is 11.8 Å². The van der Waals surface area contributed by atoms with E-state index in [1.807, 2.05) is 12.2 Å². The molecule has 2 nitrogen and oxygen atoms in total. The van der Waals surface area contributed by atoms with Crippen molar-refractivity contribution in [2.45, 2.75) is 32.2 Å². The molecule has 2 rings (SSSR count). The molecule has 0 fully saturated rings. The van der Waals surface area contributed by atoms with Gasteiger partial charge in [-0.05, 0) is 19.8 Å². The fraction of sp³-hybridized carbons (Fsp3) is 0.500. The molecule has 0 bridgehead atoms. The van der Waals surface area contributed by atoms with Crippen LogP contribution in [0, 0.1) is 0 Å². The standard InChI is InChI=1S/C10H13NO/c1-7-5-6-8-9(11-7)3-2-4-10(8)12/h5-7,11H,2-4H2,1H3/t7-/m0/s1. The zero-order valence-electron chi connectivity index (χ0n) is 7.26. The number of carbonyl (C=O) groups excluding carboxylic acids is 1. The number of ketones is 1. The first-order valence-corrected chi connectivity index (χ1v) is 4.48. The van der Waals surface area contributed by atoms with Crippen molar-refractivity contribution in [2.75, 3.05) is 0 Å². The van der Waals surface area contributed by atoms with E-state index in [-0.39, 0.29) is 0 Å². The molecule has 2 aliphatic rings. The maximum atomic E-state index is 11.4. The summed E-state index contributed by atoms with van der Waals surface area (Å²) in [4.78, 5) is 11.4. The van der Waals surface area contributed by atoms with Crippen molar-refractivity contribution in [1.82, 2.24) is 5.32 Å². The third-order valence-corrected chi connectivity index (χ3v) is 2.41. The second-order valence-corrected chi connectivity index (χ2v) is 3.46. The molecule has 0 aromatic carbocycles. The number of nitrogens with one attached hydrogen (secondary N) is 1. The molecule has 12 heavy (non-hydrogen) atoms. The number of Topliss-reactive ketones (excluding diaryl/α,β-unsaturated/α-hetero) is 1. The Morgan fingerprint density at radius 1 is 1.50 bits per heavy atom. The Kier molecular flexibility index (Phi) is 1.75. The SMILES string of the molecule is C[C@H]1C=CC2=C(CCCC2=O)N1. The maximum absolute atomic E-state index is 11.4. The summed E-state index contributed by atoms with van der Waals surface area (Å²) in [5.74, 6) is 0.298. The molecule has 0 saturated heterocycles. The van der Waals surface area contributed by atoms with Gasteiger partial charge in [-0.25, -0.2) is 0 Å². The zero-order valence-corrected chi connectivity index (χ0v) is 7.26. The highest BCUT2D eigenvalue weighted by molar-refractivity contribution is 5.99. The molecule has 1 heterocycles. The predicted octanol–water partition coefficient (Wildman–Crippen LogP) is 1.54. The second-order valence-electron chi connectivity index (χ2n) is 3.46. The highest BCUT2D eigenvalue weighted by Crippen LogP contribution is 2.24. The lowest BCUT2D eigenvalue weighted by atomic mass is 9.92. The van der Waals surface area contributed by atoms with Crippen LogP contribution in [0.1, 0.15) is 26.2 Å². The van der Waals surface area contributed by atoms with Crippen molar-refractivity contribution in [1.29, 1.82) is 0 Å².